The molecule has 1 aliphatic heterocycles. The normalized spacial score (nSPS) is 16.5. The molecule has 0 bridgehead atoms. The summed E-state index contributed by atoms with van der Waals surface area (Å²) in [6.07, 6.45) is 2.27. The van der Waals surface area contributed by atoms with Gasteiger partial charge in [-0.2, -0.15) is 0 Å². The molecule has 0 spiro atoms. The zero-order valence-corrected chi connectivity index (χ0v) is 11.1. The Balaban J connectivity index is 0.00000120. The molecular formula is C13H17ClN2O2. The third-order valence-electron chi connectivity index (χ3n) is 3.43. The van der Waals surface area contributed by atoms with Crippen molar-refractivity contribution in [2.45, 2.75) is 18.8 Å². The van der Waals surface area contributed by atoms with E-state index in [4.69, 9.17) is 9.26 Å². The molecule has 0 saturated carbocycles. The van der Waals surface area contributed by atoms with Crippen LogP contribution in [0.4, 0.5) is 0 Å². The standard InChI is InChI=1S/C13H16N2O2.ClH/c1-16-10-2-3-11-12(8-10)17-15-13(11)9-4-6-14-7-5-9;/h2-3,8-9,14H,4-7H2,1H3;1H. The number of fused-ring (bicyclic) bond motifs is 1. The van der Waals surface area contributed by atoms with Gasteiger partial charge in [0, 0.05) is 17.4 Å². The second-order valence-electron chi connectivity index (χ2n) is 4.45. The van der Waals surface area contributed by atoms with Crippen LogP contribution < -0.4 is 10.1 Å². The number of ether oxygens (including phenoxy) is 1. The number of nitrogens with one attached hydrogen (secondary N) is 1. The smallest absolute Gasteiger partial charge is 0.170 e. The second-order valence-corrected chi connectivity index (χ2v) is 4.45. The fraction of sp³-hybridized carbons (Fsp3) is 0.462. The third kappa shape index (κ3) is 2.31. The van der Waals surface area contributed by atoms with E-state index in [0.29, 0.717) is 5.92 Å². The summed E-state index contributed by atoms with van der Waals surface area (Å²) >= 11 is 0. The highest BCUT2D eigenvalue weighted by molar-refractivity contribution is 5.85. The van der Waals surface area contributed by atoms with Crippen LogP contribution in [0.1, 0.15) is 24.5 Å². The molecule has 5 heteroatoms. The molecule has 2 heterocycles. The van der Waals surface area contributed by atoms with E-state index in [2.05, 4.69) is 10.5 Å². The number of rotatable bonds is 2. The molecule has 4 nitrogen and oxygen atoms in total. The summed E-state index contributed by atoms with van der Waals surface area (Å²) in [7, 11) is 1.66. The lowest BCUT2D eigenvalue weighted by atomic mass is 9.92. The third-order valence-corrected chi connectivity index (χ3v) is 3.43. The van der Waals surface area contributed by atoms with Crippen LogP contribution in [0.5, 0.6) is 5.75 Å². The van der Waals surface area contributed by atoms with Gasteiger partial charge < -0.3 is 14.6 Å². The summed E-state index contributed by atoms with van der Waals surface area (Å²) in [4.78, 5) is 0. The van der Waals surface area contributed by atoms with Gasteiger partial charge in [-0.3, -0.25) is 0 Å². The summed E-state index contributed by atoms with van der Waals surface area (Å²) in [6.45, 7) is 2.13. The van der Waals surface area contributed by atoms with E-state index in [-0.39, 0.29) is 12.4 Å². The van der Waals surface area contributed by atoms with Gasteiger partial charge >= 0.3 is 0 Å². The van der Waals surface area contributed by atoms with E-state index >= 15 is 0 Å². The van der Waals surface area contributed by atoms with Crippen molar-refractivity contribution < 1.29 is 9.26 Å². The van der Waals surface area contributed by atoms with E-state index in [0.717, 1.165) is 48.3 Å². The first kappa shape index (κ1) is 13.2. The van der Waals surface area contributed by atoms with Gasteiger partial charge in [-0.05, 0) is 38.1 Å². The highest BCUT2D eigenvalue weighted by atomic mass is 35.5. The van der Waals surface area contributed by atoms with E-state index in [1.165, 1.54) is 0 Å². The maximum Gasteiger partial charge on any atom is 0.170 e. The number of benzene rings is 1. The van der Waals surface area contributed by atoms with Gasteiger partial charge in [-0.25, -0.2) is 0 Å². The molecular weight excluding hydrogens is 252 g/mol. The van der Waals surface area contributed by atoms with Crippen molar-refractivity contribution in [2.24, 2.45) is 0 Å². The highest BCUT2D eigenvalue weighted by Crippen LogP contribution is 2.32. The lowest BCUT2D eigenvalue weighted by Gasteiger charge is -2.20. The van der Waals surface area contributed by atoms with Crippen molar-refractivity contribution in [3.63, 3.8) is 0 Å². The van der Waals surface area contributed by atoms with Crippen LogP contribution in [0, 0.1) is 0 Å². The number of hydrogen-bond donors (Lipinski definition) is 1. The first-order valence-electron chi connectivity index (χ1n) is 6.02. The predicted octanol–water partition coefficient (Wildman–Crippen LogP) is 2.73. The molecule has 0 aliphatic carbocycles. The molecule has 0 atom stereocenters. The van der Waals surface area contributed by atoms with Gasteiger partial charge in [0.2, 0.25) is 0 Å². The van der Waals surface area contributed by atoms with Crippen LogP contribution >= 0.6 is 12.4 Å². The van der Waals surface area contributed by atoms with E-state index in [1.54, 1.807) is 7.11 Å². The van der Waals surface area contributed by atoms with Gasteiger partial charge in [0.15, 0.2) is 5.58 Å². The average molecular weight is 269 g/mol. The fourth-order valence-electron chi connectivity index (χ4n) is 2.45. The molecule has 0 unspecified atom stereocenters. The van der Waals surface area contributed by atoms with Gasteiger partial charge in [0.05, 0.1) is 12.8 Å². The van der Waals surface area contributed by atoms with Gasteiger partial charge in [-0.1, -0.05) is 5.16 Å². The van der Waals surface area contributed by atoms with E-state index < -0.39 is 0 Å². The Morgan fingerprint density at radius 3 is 2.83 bits per heavy atom. The molecule has 1 fully saturated rings. The Kier molecular flexibility index (Phi) is 4.09. The first-order chi connectivity index (χ1) is 8.38. The van der Waals surface area contributed by atoms with Crippen molar-refractivity contribution in [3.05, 3.63) is 23.9 Å². The molecule has 0 radical (unpaired) electrons. The number of piperidine rings is 1. The molecule has 1 aromatic heterocycles. The van der Waals surface area contributed by atoms with Crippen LogP contribution in [0.25, 0.3) is 11.0 Å². The van der Waals surface area contributed by atoms with Crippen LogP contribution in [0.15, 0.2) is 22.7 Å². The van der Waals surface area contributed by atoms with Gasteiger partial charge in [-0.15, -0.1) is 12.4 Å². The minimum atomic E-state index is 0. The zero-order chi connectivity index (χ0) is 11.7. The van der Waals surface area contributed by atoms with E-state index in [9.17, 15) is 0 Å². The number of aromatic nitrogens is 1. The Labute approximate surface area is 112 Å². The maximum absolute atomic E-state index is 5.39. The van der Waals surface area contributed by atoms with Crippen LogP contribution in [0.2, 0.25) is 0 Å². The first-order valence-corrected chi connectivity index (χ1v) is 6.02. The van der Waals surface area contributed by atoms with Crippen molar-refractivity contribution in [2.75, 3.05) is 20.2 Å². The molecule has 1 aromatic carbocycles. The number of methoxy groups -OCH3 is 1. The van der Waals surface area contributed by atoms with Crippen molar-refractivity contribution in [1.29, 1.82) is 0 Å². The Morgan fingerprint density at radius 1 is 1.33 bits per heavy atom. The largest absolute Gasteiger partial charge is 0.497 e. The fourth-order valence-corrected chi connectivity index (χ4v) is 2.45. The summed E-state index contributed by atoms with van der Waals surface area (Å²) in [5.41, 5.74) is 1.92. The van der Waals surface area contributed by atoms with Crippen LogP contribution in [-0.4, -0.2) is 25.4 Å². The minimum absolute atomic E-state index is 0. The Bertz CT molecular complexity index is 521. The lowest BCUT2D eigenvalue weighted by molar-refractivity contribution is 0.400. The SMILES string of the molecule is COc1ccc2c(C3CCNCC3)noc2c1.Cl. The summed E-state index contributed by atoms with van der Waals surface area (Å²) in [5, 5.41) is 8.72. The predicted molar refractivity (Wildman–Crippen MR) is 72.7 cm³/mol. The van der Waals surface area contributed by atoms with Crippen molar-refractivity contribution in [1.82, 2.24) is 10.5 Å². The molecule has 1 N–H and O–H groups in total. The summed E-state index contributed by atoms with van der Waals surface area (Å²) < 4.78 is 10.6. The molecule has 3 rings (SSSR count). The minimum Gasteiger partial charge on any atom is -0.497 e. The number of hydrogen-bond acceptors (Lipinski definition) is 4. The van der Waals surface area contributed by atoms with Crippen molar-refractivity contribution in [3.8, 4) is 5.75 Å². The second kappa shape index (κ2) is 5.59. The number of halogens is 1. The Hall–Kier alpha value is -1.26. The maximum atomic E-state index is 5.39. The molecule has 18 heavy (non-hydrogen) atoms. The molecule has 98 valence electrons. The van der Waals surface area contributed by atoms with Crippen molar-refractivity contribution >= 4 is 23.4 Å². The highest BCUT2D eigenvalue weighted by Gasteiger charge is 2.21. The quantitative estimate of drug-likeness (QED) is 0.910. The van der Waals surface area contributed by atoms with Crippen LogP contribution in [0.3, 0.4) is 0 Å². The van der Waals surface area contributed by atoms with E-state index in [1.807, 2.05) is 18.2 Å². The molecule has 0 amide bonds. The van der Waals surface area contributed by atoms with Gasteiger partial charge in [0.1, 0.15) is 5.75 Å². The zero-order valence-electron chi connectivity index (χ0n) is 10.3. The Morgan fingerprint density at radius 2 is 2.11 bits per heavy atom. The average Bonchev–Trinajstić information content (AvgIpc) is 2.82. The van der Waals surface area contributed by atoms with Gasteiger partial charge in [0.25, 0.3) is 0 Å². The monoisotopic (exact) mass is 268 g/mol. The summed E-state index contributed by atoms with van der Waals surface area (Å²) in [5.74, 6) is 1.33. The lowest BCUT2D eigenvalue weighted by Crippen LogP contribution is -2.26. The molecule has 1 aliphatic rings. The topological polar surface area (TPSA) is 47.3 Å². The molecule has 2 aromatic rings. The summed E-state index contributed by atoms with van der Waals surface area (Å²) in [6, 6.07) is 5.90. The molecule has 1 saturated heterocycles. The van der Waals surface area contributed by atoms with Crippen LogP contribution in [-0.2, 0) is 0 Å². The number of nitrogens with zero attached hydrogens (tertiary/aromatic N) is 1.